The Hall–Kier alpha value is -1.59. The Morgan fingerprint density at radius 2 is 1.61 bits per heavy atom. The van der Waals surface area contributed by atoms with Crippen LogP contribution in [0.15, 0.2) is 0 Å². The summed E-state index contributed by atoms with van der Waals surface area (Å²) >= 11 is 0. The van der Waals surface area contributed by atoms with E-state index in [0.29, 0.717) is 6.54 Å². The van der Waals surface area contributed by atoms with Gasteiger partial charge in [-0.1, -0.05) is 20.8 Å². The summed E-state index contributed by atoms with van der Waals surface area (Å²) in [5, 5.41) is 14.0. The zero-order valence-electron chi connectivity index (χ0n) is 11.3. The second-order valence-electron chi connectivity index (χ2n) is 4.44. The molecule has 6 heteroatoms. The standard InChI is InChI=1S/C12H22N2O4/c1-5-6-13-11(16)9(4)14-10(15)7(2)8(3)12(17)18/h7-9H,5-6H2,1-4H3,(H,13,16)(H,14,15)(H,17,18). The van der Waals surface area contributed by atoms with Crippen molar-refractivity contribution in [1.29, 1.82) is 0 Å². The number of carbonyl (C=O) groups excluding carboxylic acids is 2. The fraction of sp³-hybridized carbons (Fsp3) is 0.750. The number of carboxylic acid groups (broad SMARTS) is 1. The van der Waals surface area contributed by atoms with E-state index in [0.717, 1.165) is 6.42 Å². The molecule has 3 unspecified atom stereocenters. The molecule has 3 atom stereocenters. The van der Waals surface area contributed by atoms with Crippen LogP contribution in [0.2, 0.25) is 0 Å². The monoisotopic (exact) mass is 258 g/mol. The highest BCUT2D eigenvalue weighted by molar-refractivity contribution is 5.89. The molecule has 2 amide bonds. The first-order valence-electron chi connectivity index (χ1n) is 6.12. The van der Waals surface area contributed by atoms with Gasteiger partial charge in [0.15, 0.2) is 0 Å². The van der Waals surface area contributed by atoms with Gasteiger partial charge in [0.2, 0.25) is 11.8 Å². The van der Waals surface area contributed by atoms with Gasteiger partial charge in [-0.2, -0.15) is 0 Å². The number of carbonyl (C=O) groups is 3. The van der Waals surface area contributed by atoms with Crippen molar-refractivity contribution >= 4 is 17.8 Å². The van der Waals surface area contributed by atoms with Crippen LogP contribution in [0.1, 0.15) is 34.1 Å². The van der Waals surface area contributed by atoms with Crippen molar-refractivity contribution < 1.29 is 19.5 Å². The maximum atomic E-state index is 11.7. The summed E-state index contributed by atoms with van der Waals surface area (Å²) in [4.78, 5) is 34.0. The topological polar surface area (TPSA) is 95.5 Å². The first-order valence-corrected chi connectivity index (χ1v) is 6.12. The van der Waals surface area contributed by atoms with Crippen molar-refractivity contribution in [2.45, 2.75) is 40.2 Å². The van der Waals surface area contributed by atoms with Crippen LogP contribution in [0.5, 0.6) is 0 Å². The molecule has 0 saturated heterocycles. The van der Waals surface area contributed by atoms with Crippen molar-refractivity contribution in [2.75, 3.05) is 6.54 Å². The summed E-state index contributed by atoms with van der Waals surface area (Å²) in [5.74, 6) is -3.18. The lowest BCUT2D eigenvalue weighted by atomic mass is 9.95. The quantitative estimate of drug-likeness (QED) is 0.615. The molecule has 0 aliphatic carbocycles. The lowest BCUT2D eigenvalue weighted by Crippen LogP contribution is -2.47. The van der Waals surface area contributed by atoms with Gasteiger partial charge in [-0.3, -0.25) is 14.4 Å². The van der Waals surface area contributed by atoms with Gasteiger partial charge in [-0.15, -0.1) is 0 Å². The lowest BCUT2D eigenvalue weighted by Gasteiger charge is -2.19. The van der Waals surface area contributed by atoms with Crippen LogP contribution in [0.4, 0.5) is 0 Å². The fourth-order valence-electron chi connectivity index (χ4n) is 1.25. The Balaban J connectivity index is 4.30. The third kappa shape index (κ3) is 5.16. The molecule has 0 aliphatic heterocycles. The van der Waals surface area contributed by atoms with E-state index in [-0.39, 0.29) is 5.91 Å². The van der Waals surface area contributed by atoms with E-state index in [9.17, 15) is 14.4 Å². The van der Waals surface area contributed by atoms with Gasteiger partial charge in [-0.05, 0) is 13.3 Å². The van der Waals surface area contributed by atoms with Gasteiger partial charge in [-0.25, -0.2) is 0 Å². The predicted molar refractivity (Wildman–Crippen MR) is 66.9 cm³/mol. The number of rotatable bonds is 7. The number of carboxylic acids is 1. The Bertz CT molecular complexity index is 317. The molecule has 0 aromatic carbocycles. The lowest BCUT2D eigenvalue weighted by molar-refractivity contribution is -0.146. The van der Waals surface area contributed by atoms with Crippen molar-refractivity contribution in [3.63, 3.8) is 0 Å². The number of amides is 2. The van der Waals surface area contributed by atoms with Gasteiger partial charge in [0, 0.05) is 12.5 Å². The number of nitrogens with one attached hydrogen (secondary N) is 2. The van der Waals surface area contributed by atoms with Crippen LogP contribution in [-0.4, -0.2) is 35.5 Å². The minimum atomic E-state index is -1.03. The highest BCUT2D eigenvalue weighted by Crippen LogP contribution is 2.11. The summed E-state index contributed by atoms with van der Waals surface area (Å²) in [6.07, 6.45) is 0.818. The first-order chi connectivity index (χ1) is 8.31. The third-order valence-electron chi connectivity index (χ3n) is 2.85. The smallest absolute Gasteiger partial charge is 0.307 e. The summed E-state index contributed by atoms with van der Waals surface area (Å²) in [7, 11) is 0. The summed E-state index contributed by atoms with van der Waals surface area (Å²) in [6, 6.07) is -0.660. The average Bonchev–Trinajstić information content (AvgIpc) is 2.33. The average molecular weight is 258 g/mol. The highest BCUT2D eigenvalue weighted by Gasteiger charge is 2.27. The van der Waals surface area contributed by atoms with Gasteiger partial charge in [0.25, 0.3) is 0 Å². The van der Waals surface area contributed by atoms with Gasteiger partial charge >= 0.3 is 5.97 Å². The van der Waals surface area contributed by atoms with Crippen LogP contribution >= 0.6 is 0 Å². The zero-order chi connectivity index (χ0) is 14.3. The van der Waals surface area contributed by atoms with Crippen LogP contribution in [0.3, 0.4) is 0 Å². The normalized spacial score (nSPS) is 15.3. The minimum absolute atomic E-state index is 0.264. The molecule has 0 saturated carbocycles. The van der Waals surface area contributed by atoms with E-state index in [4.69, 9.17) is 5.11 Å². The first kappa shape index (κ1) is 16.4. The van der Waals surface area contributed by atoms with Crippen LogP contribution in [0.25, 0.3) is 0 Å². The molecule has 0 aliphatic rings. The molecule has 0 fully saturated rings. The SMILES string of the molecule is CCCNC(=O)C(C)NC(=O)C(C)C(C)C(=O)O. The van der Waals surface area contributed by atoms with Crippen LogP contribution in [-0.2, 0) is 14.4 Å². The number of aliphatic carboxylic acids is 1. The third-order valence-corrected chi connectivity index (χ3v) is 2.85. The molecule has 0 aromatic rings. The molecule has 18 heavy (non-hydrogen) atoms. The van der Waals surface area contributed by atoms with Crippen molar-refractivity contribution in [1.82, 2.24) is 10.6 Å². The van der Waals surface area contributed by atoms with E-state index in [1.807, 2.05) is 6.92 Å². The molecule has 0 bridgehead atoms. The summed E-state index contributed by atoms with van der Waals surface area (Å²) < 4.78 is 0. The Morgan fingerprint density at radius 3 is 2.06 bits per heavy atom. The molecule has 0 radical (unpaired) electrons. The van der Waals surface area contributed by atoms with Crippen molar-refractivity contribution in [2.24, 2.45) is 11.8 Å². The summed E-state index contributed by atoms with van der Waals surface area (Å²) in [6.45, 7) is 7.06. The van der Waals surface area contributed by atoms with E-state index in [1.54, 1.807) is 6.92 Å². The van der Waals surface area contributed by atoms with Crippen LogP contribution in [0, 0.1) is 11.8 Å². The number of hydrogen-bond acceptors (Lipinski definition) is 3. The molecule has 0 heterocycles. The van der Waals surface area contributed by atoms with Gasteiger partial charge < -0.3 is 15.7 Å². The summed E-state index contributed by atoms with van der Waals surface area (Å²) in [5.41, 5.74) is 0. The predicted octanol–water partition coefficient (Wildman–Crippen LogP) is 0.374. The van der Waals surface area contributed by atoms with Crippen molar-refractivity contribution in [3.05, 3.63) is 0 Å². The minimum Gasteiger partial charge on any atom is -0.481 e. The second kappa shape index (κ2) is 7.68. The van der Waals surface area contributed by atoms with E-state index >= 15 is 0 Å². The Kier molecular flexibility index (Phi) is 7.00. The molecule has 3 N–H and O–H groups in total. The molecule has 0 spiro atoms. The fourth-order valence-corrected chi connectivity index (χ4v) is 1.25. The number of hydrogen-bond donors (Lipinski definition) is 3. The van der Waals surface area contributed by atoms with Gasteiger partial charge in [0.1, 0.15) is 6.04 Å². The largest absolute Gasteiger partial charge is 0.481 e. The highest BCUT2D eigenvalue weighted by atomic mass is 16.4. The molecule has 104 valence electrons. The maximum Gasteiger partial charge on any atom is 0.307 e. The molecular weight excluding hydrogens is 236 g/mol. The molecule has 0 aromatic heterocycles. The van der Waals surface area contributed by atoms with E-state index < -0.39 is 29.8 Å². The Morgan fingerprint density at radius 1 is 1.06 bits per heavy atom. The van der Waals surface area contributed by atoms with E-state index in [2.05, 4.69) is 10.6 Å². The molecule has 0 rings (SSSR count). The maximum absolute atomic E-state index is 11.7. The zero-order valence-corrected chi connectivity index (χ0v) is 11.3. The Labute approximate surface area is 107 Å². The van der Waals surface area contributed by atoms with E-state index in [1.165, 1.54) is 13.8 Å². The molecule has 6 nitrogen and oxygen atoms in total. The van der Waals surface area contributed by atoms with Crippen LogP contribution < -0.4 is 10.6 Å². The van der Waals surface area contributed by atoms with Gasteiger partial charge in [0.05, 0.1) is 5.92 Å². The molecular formula is C12H22N2O4. The van der Waals surface area contributed by atoms with Crippen molar-refractivity contribution in [3.8, 4) is 0 Å². The second-order valence-corrected chi connectivity index (χ2v) is 4.44.